The zero-order valence-corrected chi connectivity index (χ0v) is 13.7. The number of carbonyl (C=O) groups excluding carboxylic acids is 1. The predicted molar refractivity (Wildman–Crippen MR) is 84.2 cm³/mol. The highest BCUT2D eigenvalue weighted by atomic mass is 16.5. The van der Waals surface area contributed by atoms with Crippen LogP contribution in [-0.4, -0.2) is 12.6 Å². The molecule has 0 atom stereocenters. The van der Waals surface area contributed by atoms with E-state index in [1.807, 2.05) is 6.92 Å². The average molecular weight is 276 g/mol. The first kappa shape index (κ1) is 16.7. The van der Waals surface area contributed by atoms with Crippen molar-refractivity contribution in [3.05, 3.63) is 34.9 Å². The van der Waals surface area contributed by atoms with Gasteiger partial charge in [0, 0.05) is 6.42 Å². The van der Waals surface area contributed by atoms with Crippen molar-refractivity contribution in [3.63, 3.8) is 0 Å². The molecule has 1 aromatic rings. The number of hydrogen-bond donors (Lipinski definition) is 0. The molecule has 0 amide bonds. The molecule has 0 saturated heterocycles. The maximum Gasteiger partial charge on any atom is 0.305 e. The van der Waals surface area contributed by atoms with Crippen molar-refractivity contribution in [1.29, 1.82) is 0 Å². The third-order valence-electron chi connectivity index (χ3n) is 3.88. The van der Waals surface area contributed by atoms with Crippen molar-refractivity contribution in [2.45, 2.75) is 65.7 Å². The zero-order valence-electron chi connectivity index (χ0n) is 13.7. The molecule has 0 unspecified atom stereocenters. The summed E-state index contributed by atoms with van der Waals surface area (Å²) in [5, 5.41) is 0. The summed E-state index contributed by atoms with van der Waals surface area (Å²) in [6, 6.07) is 6.51. The normalized spacial score (nSPS) is 11.8. The van der Waals surface area contributed by atoms with Crippen molar-refractivity contribution in [3.8, 4) is 0 Å². The molecular formula is C18H28O2. The molecule has 0 saturated carbocycles. The van der Waals surface area contributed by atoms with E-state index in [-0.39, 0.29) is 11.4 Å². The Morgan fingerprint density at radius 3 is 2.50 bits per heavy atom. The van der Waals surface area contributed by atoms with E-state index in [0.29, 0.717) is 18.9 Å². The number of ether oxygens (including phenoxy) is 1. The van der Waals surface area contributed by atoms with E-state index in [9.17, 15) is 4.79 Å². The highest BCUT2D eigenvalue weighted by Crippen LogP contribution is 2.35. The van der Waals surface area contributed by atoms with Gasteiger partial charge in [-0.05, 0) is 41.4 Å². The molecule has 0 spiro atoms. The first-order valence-electron chi connectivity index (χ1n) is 7.55. The number of hydrogen-bond acceptors (Lipinski definition) is 2. The quantitative estimate of drug-likeness (QED) is 0.701. The second-order valence-corrected chi connectivity index (χ2v) is 6.40. The Morgan fingerprint density at radius 1 is 1.30 bits per heavy atom. The molecule has 0 N–H and O–H groups in total. The molecule has 0 fully saturated rings. The van der Waals surface area contributed by atoms with Gasteiger partial charge in [-0.25, -0.2) is 0 Å². The standard InChI is InChI=1S/C18H28O2/c1-7-16(19)20-12-11-18(5,6)17-14(4)9-8-10-15(17)13(2)3/h8-10,13H,7,11-12H2,1-6H3. The maximum atomic E-state index is 11.3. The van der Waals surface area contributed by atoms with Gasteiger partial charge in [-0.1, -0.05) is 52.8 Å². The molecule has 0 aliphatic heterocycles. The lowest BCUT2D eigenvalue weighted by molar-refractivity contribution is -0.143. The zero-order chi connectivity index (χ0) is 15.3. The van der Waals surface area contributed by atoms with Crippen LogP contribution in [0, 0.1) is 6.92 Å². The number of rotatable bonds is 6. The van der Waals surface area contributed by atoms with Crippen molar-refractivity contribution in [2.75, 3.05) is 6.61 Å². The van der Waals surface area contributed by atoms with Crippen LogP contribution in [0.25, 0.3) is 0 Å². The SMILES string of the molecule is CCC(=O)OCCC(C)(C)c1c(C)cccc1C(C)C. The fourth-order valence-electron chi connectivity index (χ4n) is 2.74. The average Bonchev–Trinajstić information content (AvgIpc) is 2.37. The van der Waals surface area contributed by atoms with E-state index >= 15 is 0 Å². The van der Waals surface area contributed by atoms with Gasteiger partial charge in [0.1, 0.15) is 0 Å². The lowest BCUT2D eigenvalue weighted by atomic mass is 9.75. The highest BCUT2D eigenvalue weighted by molar-refractivity contribution is 5.68. The van der Waals surface area contributed by atoms with E-state index in [1.165, 1.54) is 16.7 Å². The van der Waals surface area contributed by atoms with Gasteiger partial charge in [0.2, 0.25) is 0 Å². The summed E-state index contributed by atoms with van der Waals surface area (Å²) in [5.41, 5.74) is 4.14. The summed E-state index contributed by atoms with van der Waals surface area (Å²) in [7, 11) is 0. The largest absolute Gasteiger partial charge is 0.466 e. The fourth-order valence-corrected chi connectivity index (χ4v) is 2.74. The Balaban J connectivity index is 2.94. The van der Waals surface area contributed by atoms with Crippen LogP contribution < -0.4 is 0 Å². The summed E-state index contributed by atoms with van der Waals surface area (Å²) in [5.74, 6) is 0.386. The molecule has 112 valence electrons. The van der Waals surface area contributed by atoms with Gasteiger partial charge in [-0.2, -0.15) is 0 Å². The third-order valence-corrected chi connectivity index (χ3v) is 3.88. The van der Waals surface area contributed by atoms with Gasteiger partial charge < -0.3 is 4.74 Å². The number of aryl methyl sites for hydroxylation is 1. The van der Waals surface area contributed by atoms with E-state index in [2.05, 4.69) is 52.8 Å². The summed E-state index contributed by atoms with van der Waals surface area (Å²) in [6.45, 7) is 13.4. The molecule has 0 bridgehead atoms. The van der Waals surface area contributed by atoms with E-state index in [4.69, 9.17) is 4.74 Å². The molecule has 0 aromatic heterocycles. The molecule has 0 heterocycles. The lowest BCUT2D eigenvalue weighted by Gasteiger charge is -2.31. The molecule has 1 rings (SSSR count). The second kappa shape index (κ2) is 6.92. The Bertz CT molecular complexity index is 458. The smallest absolute Gasteiger partial charge is 0.305 e. The van der Waals surface area contributed by atoms with Gasteiger partial charge in [0.25, 0.3) is 0 Å². The van der Waals surface area contributed by atoms with Gasteiger partial charge in [0.05, 0.1) is 6.61 Å². The van der Waals surface area contributed by atoms with Gasteiger partial charge >= 0.3 is 5.97 Å². The number of benzene rings is 1. The molecule has 0 radical (unpaired) electrons. The van der Waals surface area contributed by atoms with Crippen molar-refractivity contribution >= 4 is 5.97 Å². The molecule has 0 aliphatic carbocycles. The van der Waals surface area contributed by atoms with E-state index < -0.39 is 0 Å². The maximum absolute atomic E-state index is 11.3. The summed E-state index contributed by atoms with van der Waals surface area (Å²) in [4.78, 5) is 11.3. The van der Waals surface area contributed by atoms with Crippen LogP contribution in [0.2, 0.25) is 0 Å². The first-order valence-corrected chi connectivity index (χ1v) is 7.55. The minimum absolute atomic E-state index is 0.0129. The predicted octanol–water partition coefficient (Wildman–Crippen LogP) is 4.74. The summed E-state index contributed by atoms with van der Waals surface area (Å²) < 4.78 is 5.25. The first-order chi connectivity index (χ1) is 9.29. The van der Waals surface area contributed by atoms with Crippen molar-refractivity contribution in [1.82, 2.24) is 0 Å². The molecule has 2 heteroatoms. The number of esters is 1. The molecule has 20 heavy (non-hydrogen) atoms. The Labute approximate surface area is 123 Å². The van der Waals surface area contributed by atoms with Gasteiger partial charge in [-0.3, -0.25) is 4.79 Å². The van der Waals surface area contributed by atoms with Crippen LogP contribution in [0.1, 0.15) is 70.1 Å². The number of carbonyl (C=O) groups is 1. The molecule has 0 aliphatic rings. The highest BCUT2D eigenvalue weighted by Gasteiger charge is 2.26. The Kier molecular flexibility index (Phi) is 5.79. The molecule has 1 aromatic carbocycles. The van der Waals surface area contributed by atoms with Crippen LogP contribution in [0.3, 0.4) is 0 Å². The van der Waals surface area contributed by atoms with E-state index in [1.54, 1.807) is 0 Å². The minimum atomic E-state index is -0.116. The summed E-state index contributed by atoms with van der Waals surface area (Å²) in [6.07, 6.45) is 1.30. The fraction of sp³-hybridized carbons (Fsp3) is 0.611. The monoisotopic (exact) mass is 276 g/mol. The molecular weight excluding hydrogens is 248 g/mol. The van der Waals surface area contributed by atoms with Crippen LogP contribution in [0.4, 0.5) is 0 Å². The van der Waals surface area contributed by atoms with Gasteiger partial charge in [0.15, 0.2) is 0 Å². The third kappa shape index (κ3) is 4.09. The van der Waals surface area contributed by atoms with Crippen molar-refractivity contribution in [2.24, 2.45) is 0 Å². The Hall–Kier alpha value is -1.31. The Morgan fingerprint density at radius 2 is 1.95 bits per heavy atom. The lowest BCUT2D eigenvalue weighted by Crippen LogP contribution is -2.24. The van der Waals surface area contributed by atoms with Crippen molar-refractivity contribution < 1.29 is 9.53 Å². The molecule has 2 nitrogen and oxygen atoms in total. The summed E-state index contributed by atoms with van der Waals surface area (Å²) >= 11 is 0. The van der Waals surface area contributed by atoms with Crippen LogP contribution in [0.5, 0.6) is 0 Å². The van der Waals surface area contributed by atoms with Crippen LogP contribution >= 0.6 is 0 Å². The van der Waals surface area contributed by atoms with E-state index in [0.717, 1.165) is 6.42 Å². The minimum Gasteiger partial charge on any atom is -0.466 e. The van der Waals surface area contributed by atoms with Crippen LogP contribution in [-0.2, 0) is 14.9 Å². The van der Waals surface area contributed by atoms with Crippen LogP contribution in [0.15, 0.2) is 18.2 Å². The van der Waals surface area contributed by atoms with Gasteiger partial charge in [-0.15, -0.1) is 0 Å². The topological polar surface area (TPSA) is 26.3 Å². The second-order valence-electron chi connectivity index (χ2n) is 6.40.